The molecule has 29 heavy (non-hydrogen) atoms. The first kappa shape index (κ1) is 22.5. The Bertz CT molecular complexity index is 795. The lowest BCUT2D eigenvalue weighted by Crippen LogP contribution is -2.46. The monoisotopic (exact) mass is 404 g/mol. The van der Waals surface area contributed by atoms with Crippen LogP contribution in [0.4, 0.5) is 8.78 Å². The molecule has 2 rings (SSSR count). The number of carbonyl (C=O) groups is 2. The third-order valence-corrected chi connectivity index (χ3v) is 4.51. The van der Waals surface area contributed by atoms with Gasteiger partial charge in [0.1, 0.15) is 17.7 Å². The predicted octanol–water partition coefficient (Wildman–Crippen LogP) is 2.73. The van der Waals surface area contributed by atoms with Crippen LogP contribution in [0.1, 0.15) is 18.1 Å². The number of hydrogen-bond acceptors (Lipinski definition) is 4. The molecule has 7 heteroatoms. The highest BCUT2D eigenvalue weighted by molar-refractivity contribution is 5.80. The number of esters is 1. The Morgan fingerprint density at radius 3 is 2.34 bits per heavy atom. The normalized spacial score (nSPS) is 11.9. The van der Waals surface area contributed by atoms with Gasteiger partial charge in [-0.15, -0.1) is 0 Å². The minimum atomic E-state index is -0.637. The number of nitrogens with one attached hydrogen (secondary N) is 1. The average Bonchev–Trinajstić information content (AvgIpc) is 2.69. The van der Waals surface area contributed by atoms with Crippen molar-refractivity contribution in [2.45, 2.75) is 25.8 Å². The lowest BCUT2D eigenvalue weighted by Gasteiger charge is -2.26. The van der Waals surface area contributed by atoms with Crippen molar-refractivity contribution in [3.63, 3.8) is 0 Å². The van der Waals surface area contributed by atoms with Gasteiger partial charge in [-0.1, -0.05) is 36.4 Å². The van der Waals surface area contributed by atoms with E-state index in [-0.39, 0.29) is 37.6 Å². The molecule has 2 aromatic carbocycles. The molecule has 0 aliphatic heterocycles. The summed E-state index contributed by atoms with van der Waals surface area (Å²) >= 11 is 0. The zero-order valence-corrected chi connectivity index (χ0v) is 16.7. The second-order valence-corrected chi connectivity index (χ2v) is 6.67. The molecule has 0 saturated heterocycles. The first-order chi connectivity index (χ1) is 13.9. The Hall–Kier alpha value is -2.80. The van der Waals surface area contributed by atoms with Gasteiger partial charge in [-0.05, 0) is 44.5 Å². The number of amides is 1. The van der Waals surface area contributed by atoms with Crippen LogP contribution in [-0.2, 0) is 27.2 Å². The molecule has 1 atom stereocenters. The molecule has 0 aliphatic carbocycles. The fourth-order valence-electron chi connectivity index (χ4n) is 2.99. The van der Waals surface area contributed by atoms with Gasteiger partial charge in [0, 0.05) is 12.1 Å². The smallest absolute Gasteiger partial charge is 0.323 e. The van der Waals surface area contributed by atoms with E-state index < -0.39 is 23.6 Å². The molecule has 5 nitrogen and oxygen atoms in total. The van der Waals surface area contributed by atoms with Gasteiger partial charge < -0.3 is 10.1 Å². The van der Waals surface area contributed by atoms with Gasteiger partial charge in [0.05, 0.1) is 13.2 Å². The lowest BCUT2D eigenvalue weighted by molar-refractivity contribution is -0.149. The van der Waals surface area contributed by atoms with Crippen molar-refractivity contribution in [3.05, 3.63) is 71.3 Å². The number of likely N-dealkylation sites (N-methyl/N-ethyl adjacent to an activating group) is 1. The van der Waals surface area contributed by atoms with E-state index in [1.54, 1.807) is 18.9 Å². The molecule has 0 radical (unpaired) electrons. The Balaban J connectivity index is 1.92. The molecule has 0 fully saturated rings. The summed E-state index contributed by atoms with van der Waals surface area (Å²) < 4.78 is 32.4. The zero-order chi connectivity index (χ0) is 21.2. The topological polar surface area (TPSA) is 58.6 Å². The van der Waals surface area contributed by atoms with Crippen LogP contribution in [0.2, 0.25) is 0 Å². The van der Waals surface area contributed by atoms with Gasteiger partial charge in [0.15, 0.2) is 0 Å². The maximum Gasteiger partial charge on any atom is 0.323 e. The summed E-state index contributed by atoms with van der Waals surface area (Å²) in [5.74, 6) is -2.02. The Kier molecular flexibility index (Phi) is 8.73. The van der Waals surface area contributed by atoms with E-state index in [1.165, 1.54) is 18.2 Å². The predicted molar refractivity (Wildman–Crippen MR) is 106 cm³/mol. The molecule has 1 N–H and O–H groups in total. The number of carbonyl (C=O) groups excluding carboxylic acids is 2. The third kappa shape index (κ3) is 6.94. The van der Waals surface area contributed by atoms with Crippen molar-refractivity contribution < 1.29 is 23.1 Å². The first-order valence-corrected chi connectivity index (χ1v) is 9.52. The highest BCUT2D eigenvalue weighted by atomic mass is 19.1. The van der Waals surface area contributed by atoms with Crippen molar-refractivity contribution in [2.75, 3.05) is 26.7 Å². The number of halogens is 2. The molecule has 1 amide bonds. The van der Waals surface area contributed by atoms with E-state index in [0.29, 0.717) is 6.42 Å². The standard InChI is InChI=1S/C22H26F2N2O3/c1-3-29-22(28)20(14-16-8-5-4-6-9-16)26(2)15-21(27)25-13-12-17-18(23)10-7-11-19(17)24/h4-11,20H,3,12-15H2,1-2H3,(H,25,27). The van der Waals surface area contributed by atoms with Crippen molar-refractivity contribution in [1.82, 2.24) is 10.2 Å². The summed E-state index contributed by atoms with van der Waals surface area (Å²) in [6, 6.07) is 12.5. The quantitative estimate of drug-likeness (QED) is 0.619. The van der Waals surface area contributed by atoms with Gasteiger partial charge in [0.2, 0.25) is 5.91 Å². The minimum absolute atomic E-state index is 0.0410. The van der Waals surface area contributed by atoms with E-state index >= 15 is 0 Å². The molecule has 0 bridgehead atoms. The van der Waals surface area contributed by atoms with Crippen LogP contribution in [0, 0.1) is 11.6 Å². The van der Waals surface area contributed by atoms with E-state index in [2.05, 4.69) is 5.32 Å². The minimum Gasteiger partial charge on any atom is -0.465 e. The zero-order valence-electron chi connectivity index (χ0n) is 16.7. The second-order valence-electron chi connectivity index (χ2n) is 6.67. The summed E-state index contributed by atoms with van der Waals surface area (Å²) in [6.45, 7) is 2.02. The van der Waals surface area contributed by atoms with Crippen molar-refractivity contribution in [3.8, 4) is 0 Å². The summed E-state index contributed by atoms with van der Waals surface area (Å²) in [5.41, 5.74) is 0.891. The van der Waals surface area contributed by atoms with E-state index in [9.17, 15) is 18.4 Å². The molecular formula is C22H26F2N2O3. The molecule has 0 aromatic heterocycles. The molecule has 1 unspecified atom stereocenters. The van der Waals surface area contributed by atoms with Crippen LogP contribution in [0.15, 0.2) is 48.5 Å². The number of ether oxygens (including phenoxy) is 1. The van der Waals surface area contributed by atoms with E-state index in [0.717, 1.165) is 5.56 Å². The lowest BCUT2D eigenvalue weighted by atomic mass is 10.0. The highest BCUT2D eigenvalue weighted by Gasteiger charge is 2.26. The Morgan fingerprint density at radius 2 is 1.72 bits per heavy atom. The Labute approximate surface area is 169 Å². The van der Waals surface area contributed by atoms with Gasteiger partial charge >= 0.3 is 5.97 Å². The number of nitrogens with zero attached hydrogens (tertiary/aromatic N) is 1. The van der Waals surface area contributed by atoms with E-state index in [1.807, 2.05) is 30.3 Å². The van der Waals surface area contributed by atoms with Crippen molar-refractivity contribution >= 4 is 11.9 Å². The van der Waals surface area contributed by atoms with Crippen LogP contribution >= 0.6 is 0 Å². The van der Waals surface area contributed by atoms with Gasteiger partial charge in [-0.25, -0.2) is 8.78 Å². The van der Waals surface area contributed by atoms with E-state index in [4.69, 9.17) is 4.74 Å². The number of benzene rings is 2. The molecular weight excluding hydrogens is 378 g/mol. The SMILES string of the molecule is CCOC(=O)C(Cc1ccccc1)N(C)CC(=O)NCCc1c(F)cccc1F. The van der Waals surface area contributed by atoms with Crippen LogP contribution in [0.5, 0.6) is 0 Å². The first-order valence-electron chi connectivity index (χ1n) is 9.52. The van der Waals surface area contributed by atoms with Crippen molar-refractivity contribution in [1.29, 1.82) is 0 Å². The van der Waals surface area contributed by atoms with Crippen LogP contribution in [-0.4, -0.2) is 49.6 Å². The second kappa shape index (κ2) is 11.3. The largest absolute Gasteiger partial charge is 0.465 e. The summed E-state index contributed by atoms with van der Waals surface area (Å²) in [4.78, 5) is 26.2. The summed E-state index contributed by atoms with van der Waals surface area (Å²) in [5, 5.41) is 2.64. The number of hydrogen-bond donors (Lipinski definition) is 1. The maximum absolute atomic E-state index is 13.6. The van der Waals surface area contributed by atoms with Gasteiger partial charge in [-0.3, -0.25) is 14.5 Å². The van der Waals surface area contributed by atoms with Crippen molar-refractivity contribution in [2.24, 2.45) is 0 Å². The maximum atomic E-state index is 13.6. The summed E-state index contributed by atoms with van der Waals surface area (Å²) in [7, 11) is 1.67. The van der Waals surface area contributed by atoms with Crippen LogP contribution in [0.25, 0.3) is 0 Å². The molecule has 0 saturated carbocycles. The molecule has 0 spiro atoms. The van der Waals surface area contributed by atoms with Gasteiger partial charge in [0.25, 0.3) is 0 Å². The highest BCUT2D eigenvalue weighted by Crippen LogP contribution is 2.12. The van der Waals surface area contributed by atoms with Crippen LogP contribution in [0.3, 0.4) is 0 Å². The fraction of sp³-hybridized carbons (Fsp3) is 0.364. The van der Waals surface area contributed by atoms with Crippen LogP contribution < -0.4 is 5.32 Å². The Morgan fingerprint density at radius 1 is 1.07 bits per heavy atom. The third-order valence-electron chi connectivity index (χ3n) is 4.51. The number of rotatable bonds is 10. The fourth-order valence-corrected chi connectivity index (χ4v) is 2.99. The summed E-state index contributed by atoms with van der Waals surface area (Å²) in [6.07, 6.45) is 0.448. The molecule has 0 heterocycles. The van der Waals surface area contributed by atoms with Gasteiger partial charge in [-0.2, -0.15) is 0 Å². The molecule has 156 valence electrons. The average molecular weight is 404 g/mol. The molecule has 2 aromatic rings. The molecule has 0 aliphatic rings.